The number of carboxylic acid groups (broad SMARTS) is 1. The fourth-order valence-corrected chi connectivity index (χ4v) is 3.65. The first-order valence-corrected chi connectivity index (χ1v) is 11.5. The number of aryl methyl sites for hydroxylation is 1. The Morgan fingerprint density at radius 1 is 0.848 bits per heavy atom. The summed E-state index contributed by atoms with van der Waals surface area (Å²) in [5.41, 5.74) is 2.64. The van der Waals surface area contributed by atoms with Crippen molar-refractivity contribution in [2.75, 3.05) is 13.2 Å². The number of benzene rings is 3. The summed E-state index contributed by atoms with van der Waals surface area (Å²) in [7, 11) is 0. The number of aromatic carboxylic acids is 1. The fourth-order valence-electron chi connectivity index (χ4n) is 3.45. The zero-order valence-corrected chi connectivity index (χ0v) is 19.2. The quantitative estimate of drug-likeness (QED) is 0.331. The molecule has 172 valence electrons. The van der Waals surface area contributed by atoms with E-state index < -0.39 is 5.97 Å². The molecule has 5 nitrogen and oxygen atoms in total. The van der Waals surface area contributed by atoms with Gasteiger partial charge in [0, 0.05) is 12.1 Å². The van der Waals surface area contributed by atoms with Crippen LogP contribution < -0.4 is 10.1 Å². The van der Waals surface area contributed by atoms with Crippen molar-refractivity contribution in [2.24, 2.45) is 0 Å². The maximum Gasteiger partial charge on any atom is 0.337 e. The normalized spacial score (nSPS) is 10.6. The molecule has 0 bridgehead atoms. The molecule has 0 radical (unpaired) electrons. The third-order valence-corrected chi connectivity index (χ3v) is 5.63. The van der Waals surface area contributed by atoms with Crippen molar-refractivity contribution in [3.63, 3.8) is 0 Å². The standard InChI is InChI=1S/C27H28ClNO4/c28-25-15-12-22(19-24(25)27(31)32)26(30)29-17-16-21-10-13-23(14-11-21)33-18-6-2-5-9-20-7-3-1-4-8-20/h1,3-4,7-8,10-15,19H,2,5-6,9,16-18H2,(H,29,30)(H,31,32). The van der Waals surface area contributed by atoms with Gasteiger partial charge in [-0.05, 0) is 73.6 Å². The molecule has 0 aliphatic heterocycles. The van der Waals surface area contributed by atoms with Gasteiger partial charge < -0.3 is 15.2 Å². The SMILES string of the molecule is O=C(NCCc1ccc(OCCCCCc2ccccc2)cc1)c1ccc(Cl)c(C(=O)O)c1. The Morgan fingerprint density at radius 2 is 1.58 bits per heavy atom. The molecule has 3 rings (SSSR count). The molecule has 0 atom stereocenters. The van der Waals surface area contributed by atoms with E-state index in [-0.39, 0.29) is 22.1 Å². The zero-order valence-electron chi connectivity index (χ0n) is 18.4. The molecule has 0 spiro atoms. The molecule has 0 saturated heterocycles. The molecule has 0 aliphatic carbocycles. The van der Waals surface area contributed by atoms with Crippen LogP contribution in [0.1, 0.15) is 51.1 Å². The Morgan fingerprint density at radius 3 is 2.30 bits per heavy atom. The number of amides is 1. The highest BCUT2D eigenvalue weighted by Crippen LogP contribution is 2.18. The van der Waals surface area contributed by atoms with Crippen molar-refractivity contribution in [3.05, 3.63) is 100 Å². The number of hydrogen-bond donors (Lipinski definition) is 2. The third-order valence-electron chi connectivity index (χ3n) is 5.30. The van der Waals surface area contributed by atoms with E-state index in [4.69, 9.17) is 21.4 Å². The predicted octanol–water partition coefficient (Wildman–Crippen LogP) is 5.80. The summed E-state index contributed by atoms with van der Waals surface area (Å²) in [4.78, 5) is 23.4. The lowest BCUT2D eigenvalue weighted by Crippen LogP contribution is -2.25. The molecule has 0 heterocycles. The molecule has 0 aromatic heterocycles. The molecular weight excluding hydrogens is 438 g/mol. The lowest BCUT2D eigenvalue weighted by Gasteiger charge is -2.09. The number of carbonyl (C=O) groups excluding carboxylic acids is 1. The van der Waals surface area contributed by atoms with Gasteiger partial charge in [-0.3, -0.25) is 4.79 Å². The predicted molar refractivity (Wildman–Crippen MR) is 130 cm³/mol. The van der Waals surface area contributed by atoms with Gasteiger partial charge in [0.05, 0.1) is 17.2 Å². The van der Waals surface area contributed by atoms with Crippen LogP contribution in [0.4, 0.5) is 0 Å². The number of halogens is 1. The second-order valence-electron chi connectivity index (χ2n) is 7.79. The van der Waals surface area contributed by atoms with Crippen molar-refractivity contribution in [3.8, 4) is 5.75 Å². The summed E-state index contributed by atoms with van der Waals surface area (Å²) in [5.74, 6) is -0.654. The van der Waals surface area contributed by atoms with Gasteiger partial charge in [-0.25, -0.2) is 4.79 Å². The topological polar surface area (TPSA) is 75.6 Å². The van der Waals surface area contributed by atoms with Crippen LogP contribution in [0.15, 0.2) is 72.8 Å². The van der Waals surface area contributed by atoms with E-state index in [1.165, 1.54) is 23.8 Å². The fraction of sp³-hybridized carbons (Fsp3) is 0.259. The summed E-state index contributed by atoms with van der Waals surface area (Å²) in [6.45, 7) is 1.13. The van der Waals surface area contributed by atoms with E-state index >= 15 is 0 Å². The number of carboxylic acids is 1. The van der Waals surface area contributed by atoms with Crippen molar-refractivity contribution >= 4 is 23.5 Å². The van der Waals surface area contributed by atoms with Crippen molar-refractivity contribution in [1.29, 1.82) is 0 Å². The van der Waals surface area contributed by atoms with E-state index in [2.05, 4.69) is 29.6 Å². The minimum atomic E-state index is -1.16. The molecule has 3 aromatic carbocycles. The van der Waals surface area contributed by atoms with Crippen LogP contribution in [0.3, 0.4) is 0 Å². The molecule has 2 N–H and O–H groups in total. The molecular formula is C27H28ClNO4. The highest BCUT2D eigenvalue weighted by atomic mass is 35.5. The van der Waals surface area contributed by atoms with Gasteiger partial charge >= 0.3 is 5.97 Å². The summed E-state index contributed by atoms with van der Waals surface area (Å²) >= 11 is 5.85. The Labute approximate surface area is 199 Å². The minimum Gasteiger partial charge on any atom is -0.494 e. The van der Waals surface area contributed by atoms with Crippen LogP contribution in [0.2, 0.25) is 5.02 Å². The molecule has 1 amide bonds. The van der Waals surface area contributed by atoms with Gasteiger partial charge in [-0.2, -0.15) is 0 Å². The number of unbranched alkanes of at least 4 members (excludes halogenated alkanes) is 2. The number of carbonyl (C=O) groups is 2. The highest BCUT2D eigenvalue weighted by Gasteiger charge is 2.13. The summed E-state index contributed by atoms with van der Waals surface area (Å²) in [5, 5.41) is 12.0. The Bertz CT molecular complexity index is 1050. The Kier molecular flexibility index (Phi) is 9.33. The van der Waals surface area contributed by atoms with Crippen LogP contribution in [-0.4, -0.2) is 30.1 Å². The molecule has 0 aliphatic rings. The largest absolute Gasteiger partial charge is 0.494 e. The average Bonchev–Trinajstić information content (AvgIpc) is 2.83. The summed E-state index contributed by atoms with van der Waals surface area (Å²) in [6.07, 6.45) is 5.07. The Hall–Kier alpha value is -3.31. The van der Waals surface area contributed by atoms with Crippen molar-refractivity contribution < 1.29 is 19.4 Å². The van der Waals surface area contributed by atoms with E-state index in [0.717, 1.165) is 37.0 Å². The molecule has 6 heteroatoms. The third kappa shape index (κ3) is 7.95. The van der Waals surface area contributed by atoms with Crippen molar-refractivity contribution in [1.82, 2.24) is 5.32 Å². The van der Waals surface area contributed by atoms with Gasteiger partial charge in [0.25, 0.3) is 5.91 Å². The zero-order chi connectivity index (χ0) is 23.5. The Balaban J connectivity index is 1.33. The summed E-state index contributed by atoms with van der Waals surface area (Å²) < 4.78 is 5.83. The van der Waals surface area contributed by atoms with E-state index in [1.807, 2.05) is 30.3 Å². The first kappa shape index (κ1) is 24.3. The number of ether oxygens (including phenoxy) is 1. The molecule has 0 unspecified atom stereocenters. The maximum atomic E-state index is 12.3. The summed E-state index contributed by atoms with van der Waals surface area (Å²) in [6, 6.07) is 22.6. The van der Waals surface area contributed by atoms with Gasteiger partial charge in [0.1, 0.15) is 5.75 Å². The maximum absolute atomic E-state index is 12.3. The number of hydrogen-bond acceptors (Lipinski definition) is 3. The van der Waals surface area contributed by atoms with Crippen LogP contribution >= 0.6 is 11.6 Å². The smallest absolute Gasteiger partial charge is 0.337 e. The van der Waals surface area contributed by atoms with Crippen LogP contribution in [0, 0.1) is 0 Å². The van der Waals surface area contributed by atoms with Gasteiger partial charge in [-0.15, -0.1) is 0 Å². The number of nitrogens with one attached hydrogen (secondary N) is 1. The van der Waals surface area contributed by atoms with Gasteiger partial charge in [0.2, 0.25) is 0 Å². The van der Waals surface area contributed by atoms with E-state index in [1.54, 1.807) is 0 Å². The van der Waals surface area contributed by atoms with E-state index in [0.29, 0.717) is 19.6 Å². The van der Waals surface area contributed by atoms with Gasteiger partial charge in [0.15, 0.2) is 0 Å². The first-order chi connectivity index (χ1) is 16.0. The highest BCUT2D eigenvalue weighted by molar-refractivity contribution is 6.33. The lowest BCUT2D eigenvalue weighted by atomic mass is 10.1. The average molecular weight is 466 g/mol. The lowest BCUT2D eigenvalue weighted by molar-refractivity contribution is 0.0697. The molecule has 0 saturated carbocycles. The first-order valence-electron chi connectivity index (χ1n) is 11.1. The number of rotatable bonds is 12. The second-order valence-corrected chi connectivity index (χ2v) is 8.20. The van der Waals surface area contributed by atoms with Crippen LogP contribution in [0.25, 0.3) is 0 Å². The monoisotopic (exact) mass is 465 g/mol. The minimum absolute atomic E-state index is 0.0869. The van der Waals surface area contributed by atoms with Crippen LogP contribution in [0.5, 0.6) is 5.75 Å². The van der Waals surface area contributed by atoms with E-state index in [9.17, 15) is 9.59 Å². The van der Waals surface area contributed by atoms with Crippen LogP contribution in [-0.2, 0) is 12.8 Å². The van der Waals surface area contributed by atoms with Gasteiger partial charge in [-0.1, -0.05) is 54.1 Å². The van der Waals surface area contributed by atoms with Crippen molar-refractivity contribution in [2.45, 2.75) is 32.1 Å². The molecule has 3 aromatic rings. The second kappa shape index (κ2) is 12.7. The molecule has 0 fully saturated rings. The molecule has 33 heavy (non-hydrogen) atoms.